The number of alkyl halides is 1. The van der Waals surface area contributed by atoms with Crippen LogP contribution in [-0.4, -0.2) is 0 Å². The van der Waals surface area contributed by atoms with Crippen molar-refractivity contribution < 1.29 is 4.39 Å². The van der Waals surface area contributed by atoms with Crippen LogP contribution in [0.5, 0.6) is 0 Å². The highest BCUT2D eigenvalue weighted by Crippen LogP contribution is 2.17. The molecule has 0 spiro atoms. The third kappa shape index (κ3) is 2.03. The molecule has 0 unspecified atom stereocenters. The van der Waals surface area contributed by atoms with Gasteiger partial charge >= 0.3 is 0 Å². The van der Waals surface area contributed by atoms with Crippen LogP contribution in [-0.2, 0) is 13.1 Å². The number of hydrogen-bond donors (Lipinski definition) is 0. The lowest BCUT2D eigenvalue weighted by atomic mass is 10.1. The van der Waals surface area contributed by atoms with Crippen molar-refractivity contribution in [2.75, 3.05) is 0 Å². The lowest BCUT2D eigenvalue weighted by Gasteiger charge is -2.03. The zero-order valence-corrected chi connectivity index (χ0v) is 7.99. The largest absolute Gasteiger partial charge is 0.246 e. The van der Waals surface area contributed by atoms with Crippen LogP contribution in [0.2, 0.25) is 0 Å². The van der Waals surface area contributed by atoms with Crippen LogP contribution in [0, 0.1) is 0 Å². The third-order valence-electron chi connectivity index (χ3n) is 1.69. The van der Waals surface area contributed by atoms with Gasteiger partial charge in [-0.25, -0.2) is 4.39 Å². The van der Waals surface area contributed by atoms with E-state index in [-0.39, 0.29) is 6.67 Å². The number of halogens is 2. The summed E-state index contributed by atoms with van der Waals surface area (Å²) in [5.74, 6) is 0. The van der Waals surface area contributed by atoms with Crippen molar-refractivity contribution in [3.05, 3.63) is 33.8 Å². The molecule has 0 bridgehead atoms. The summed E-state index contributed by atoms with van der Waals surface area (Å²) in [6.07, 6.45) is 0.888. The highest BCUT2D eigenvalue weighted by atomic mass is 79.9. The minimum absolute atomic E-state index is 0.365. The Balaban J connectivity index is 3.06. The van der Waals surface area contributed by atoms with Crippen molar-refractivity contribution in [2.45, 2.75) is 20.0 Å². The normalized spacial score (nSPS) is 10.1. The van der Waals surface area contributed by atoms with E-state index >= 15 is 0 Å². The molecule has 0 saturated heterocycles. The van der Waals surface area contributed by atoms with Crippen LogP contribution >= 0.6 is 15.9 Å². The van der Waals surface area contributed by atoms with Gasteiger partial charge in [0.05, 0.1) is 0 Å². The average Bonchev–Trinajstić information content (AvgIpc) is 2.04. The molecule has 1 rings (SSSR count). The van der Waals surface area contributed by atoms with E-state index in [9.17, 15) is 4.39 Å². The van der Waals surface area contributed by atoms with Gasteiger partial charge in [0.25, 0.3) is 0 Å². The van der Waals surface area contributed by atoms with E-state index in [0.717, 1.165) is 22.0 Å². The Kier molecular flexibility index (Phi) is 3.06. The van der Waals surface area contributed by atoms with Crippen molar-refractivity contribution in [1.29, 1.82) is 0 Å². The highest BCUT2D eigenvalue weighted by molar-refractivity contribution is 9.10. The van der Waals surface area contributed by atoms with E-state index in [1.165, 1.54) is 0 Å². The van der Waals surface area contributed by atoms with Crippen molar-refractivity contribution in [1.82, 2.24) is 0 Å². The summed E-state index contributed by atoms with van der Waals surface area (Å²) in [4.78, 5) is 0. The minimum atomic E-state index is -0.365. The molecule has 0 heterocycles. The van der Waals surface area contributed by atoms with Gasteiger partial charge in [0.1, 0.15) is 6.67 Å². The molecule has 1 aromatic carbocycles. The van der Waals surface area contributed by atoms with Gasteiger partial charge < -0.3 is 0 Å². The SMILES string of the molecule is CCc1cc(Br)ccc1CF. The van der Waals surface area contributed by atoms with Crippen LogP contribution in [0.3, 0.4) is 0 Å². The van der Waals surface area contributed by atoms with Gasteiger partial charge in [0.2, 0.25) is 0 Å². The summed E-state index contributed by atoms with van der Waals surface area (Å²) in [5.41, 5.74) is 1.89. The Labute approximate surface area is 74.6 Å². The Hall–Kier alpha value is -0.370. The van der Waals surface area contributed by atoms with Gasteiger partial charge in [-0.1, -0.05) is 28.9 Å². The van der Waals surface area contributed by atoms with Gasteiger partial charge in [0.15, 0.2) is 0 Å². The van der Waals surface area contributed by atoms with Crippen LogP contribution < -0.4 is 0 Å². The summed E-state index contributed by atoms with van der Waals surface area (Å²) in [6, 6.07) is 5.66. The number of rotatable bonds is 2. The zero-order valence-electron chi connectivity index (χ0n) is 6.40. The van der Waals surface area contributed by atoms with E-state index < -0.39 is 0 Å². The first kappa shape index (κ1) is 8.72. The van der Waals surface area contributed by atoms with E-state index in [0.29, 0.717) is 0 Å². The van der Waals surface area contributed by atoms with Crippen molar-refractivity contribution >= 4 is 15.9 Å². The average molecular weight is 217 g/mol. The summed E-state index contributed by atoms with van der Waals surface area (Å²) in [6.45, 7) is 1.66. The molecule has 0 N–H and O–H groups in total. The second-order valence-electron chi connectivity index (χ2n) is 2.40. The molecule has 0 amide bonds. The molecular formula is C9H10BrF. The van der Waals surface area contributed by atoms with Gasteiger partial charge in [-0.3, -0.25) is 0 Å². The Morgan fingerprint density at radius 1 is 1.36 bits per heavy atom. The predicted octanol–water partition coefficient (Wildman–Crippen LogP) is 3.48. The molecule has 0 aromatic heterocycles. The first-order chi connectivity index (χ1) is 5.27. The van der Waals surface area contributed by atoms with Crippen LogP contribution in [0.25, 0.3) is 0 Å². The first-order valence-corrected chi connectivity index (χ1v) is 4.40. The fraction of sp³-hybridized carbons (Fsp3) is 0.333. The standard InChI is InChI=1S/C9H10BrF/c1-2-7-5-9(10)4-3-8(7)6-11/h3-5H,2,6H2,1H3. The fourth-order valence-electron chi connectivity index (χ4n) is 1.05. The van der Waals surface area contributed by atoms with Gasteiger partial charge in [0, 0.05) is 4.47 Å². The van der Waals surface area contributed by atoms with Crippen molar-refractivity contribution in [3.8, 4) is 0 Å². The first-order valence-electron chi connectivity index (χ1n) is 3.61. The van der Waals surface area contributed by atoms with E-state index in [2.05, 4.69) is 15.9 Å². The summed E-state index contributed by atoms with van der Waals surface area (Å²) < 4.78 is 13.3. The fourth-order valence-corrected chi connectivity index (χ4v) is 1.46. The lowest BCUT2D eigenvalue weighted by Crippen LogP contribution is -1.88. The molecule has 0 fully saturated rings. The molecule has 0 aliphatic carbocycles. The minimum Gasteiger partial charge on any atom is -0.246 e. The highest BCUT2D eigenvalue weighted by Gasteiger charge is 1.99. The van der Waals surface area contributed by atoms with Crippen LogP contribution in [0.4, 0.5) is 4.39 Å². The third-order valence-corrected chi connectivity index (χ3v) is 2.19. The molecule has 60 valence electrons. The second kappa shape index (κ2) is 3.86. The molecule has 0 aliphatic rings. The van der Waals surface area contributed by atoms with Crippen LogP contribution in [0.1, 0.15) is 18.1 Å². The van der Waals surface area contributed by atoms with E-state index in [1.54, 1.807) is 0 Å². The maximum atomic E-state index is 12.3. The molecule has 0 saturated carbocycles. The topological polar surface area (TPSA) is 0 Å². The maximum Gasteiger partial charge on any atom is 0.115 e. The summed E-state index contributed by atoms with van der Waals surface area (Å²) in [5, 5.41) is 0. The monoisotopic (exact) mass is 216 g/mol. The van der Waals surface area contributed by atoms with Gasteiger partial charge in [-0.2, -0.15) is 0 Å². The Bertz CT molecular complexity index is 245. The van der Waals surface area contributed by atoms with Gasteiger partial charge in [-0.15, -0.1) is 0 Å². The molecule has 2 heteroatoms. The molecular weight excluding hydrogens is 207 g/mol. The Morgan fingerprint density at radius 3 is 2.64 bits per heavy atom. The number of benzene rings is 1. The summed E-state index contributed by atoms with van der Waals surface area (Å²) in [7, 11) is 0. The molecule has 0 aliphatic heterocycles. The number of hydrogen-bond acceptors (Lipinski definition) is 0. The van der Waals surface area contributed by atoms with Gasteiger partial charge in [-0.05, 0) is 29.7 Å². The predicted molar refractivity (Wildman–Crippen MR) is 48.3 cm³/mol. The number of aryl methyl sites for hydroxylation is 1. The molecule has 11 heavy (non-hydrogen) atoms. The second-order valence-corrected chi connectivity index (χ2v) is 3.32. The zero-order chi connectivity index (χ0) is 8.27. The van der Waals surface area contributed by atoms with Crippen molar-refractivity contribution in [3.63, 3.8) is 0 Å². The smallest absolute Gasteiger partial charge is 0.115 e. The van der Waals surface area contributed by atoms with Crippen LogP contribution in [0.15, 0.2) is 22.7 Å². The Morgan fingerprint density at radius 2 is 2.09 bits per heavy atom. The van der Waals surface area contributed by atoms with Crippen molar-refractivity contribution in [2.24, 2.45) is 0 Å². The maximum absolute atomic E-state index is 12.3. The molecule has 0 atom stereocenters. The van der Waals surface area contributed by atoms with E-state index in [4.69, 9.17) is 0 Å². The summed E-state index contributed by atoms with van der Waals surface area (Å²) >= 11 is 3.34. The lowest BCUT2D eigenvalue weighted by molar-refractivity contribution is 0.482. The molecule has 1 aromatic rings. The van der Waals surface area contributed by atoms with E-state index in [1.807, 2.05) is 25.1 Å². The quantitative estimate of drug-likeness (QED) is 0.711. The molecule has 0 nitrogen and oxygen atoms in total. The molecule has 0 radical (unpaired) electrons.